The van der Waals surface area contributed by atoms with Gasteiger partial charge in [-0.2, -0.15) is 4.31 Å². The van der Waals surface area contributed by atoms with E-state index in [0.29, 0.717) is 10.7 Å². The molecule has 8 heteroatoms. The van der Waals surface area contributed by atoms with E-state index in [1.807, 2.05) is 6.92 Å². The normalized spacial score (nSPS) is 19.0. The summed E-state index contributed by atoms with van der Waals surface area (Å²) in [7, 11) is -3.89. The van der Waals surface area contributed by atoms with Crippen LogP contribution in [0.3, 0.4) is 0 Å². The van der Waals surface area contributed by atoms with E-state index in [2.05, 4.69) is 0 Å². The Morgan fingerprint density at radius 3 is 2.42 bits per heavy atom. The van der Waals surface area contributed by atoms with Gasteiger partial charge in [0.05, 0.1) is 4.90 Å². The Kier molecular flexibility index (Phi) is 5.05. The predicted molar refractivity (Wildman–Crippen MR) is 98.3 cm³/mol. The molecule has 3 rings (SSSR count). The fraction of sp³-hybridized carbons (Fsp3) is 0.278. The maximum absolute atomic E-state index is 13.1. The number of anilines is 1. The van der Waals surface area contributed by atoms with Crippen LogP contribution in [0, 0.1) is 12.7 Å². The number of benzene rings is 2. The molecule has 1 saturated heterocycles. The quantitative estimate of drug-likeness (QED) is 0.800. The second-order valence-corrected chi connectivity index (χ2v) is 8.42. The minimum Gasteiger partial charge on any atom is -0.309 e. The smallest absolute Gasteiger partial charge is 0.245 e. The molecule has 0 N–H and O–H groups in total. The molecule has 1 aliphatic rings. The molecule has 2 aromatic carbocycles. The summed E-state index contributed by atoms with van der Waals surface area (Å²) in [5.74, 6) is -0.846. The molecule has 1 aliphatic heterocycles. The topological polar surface area (TPSA) is 57.7 Å². The lowest BCUT2D eigenvalue weighted by Crippen LogP contribution is -2.57. The van der Waals surface area contributed by atoms with Gasteiger partial charge in [-0.25, -0.2) is 12.8 Å². The van der Waals surface area contributed by atoms with Crippen molar-refractivity contribution >= 4 is 33.2 Å². The molecule has 1 heterocycles. The molecule has 0 saturated carbocycles. The molecule has 26 heavy (non-hydrogen) atoms. The van der Waals surface area contributed by atoms with E-state index >= 15 is 0 Å². The number of rotatable bonds is 3. The maximum atomic E-state index is 13.1. The van der Waals surface area contributed by atoms with Gasteiger partial charge in [0.25, 0.3) is 0 Å². The van der Waals surface area contributed by atoms with Crippen LogP contribution in [0.2, 0.25) is 5.02 Å². The lowest BCUT2D eigenvalue weighted by molar-refractivity contribution is -0.123. The third kappa shape index (κ3) is 3.22. The van der Waals surface area contributed by atoms with Crippen molar-refractivity contribution < 1.29 is 17.6 Å². The second kappa shape index (κ2) is 6.98. The van der Waals surface area contributed by atoms with Crippen molar-refractivity contribution in [1.82, 2.24) is 4.31 Å². The third-order valence-electron chi connectivity index (χ3n) is 4.55. The number of hydrogen-bond acceptors (Lipinski definition) is 3. The Labute approximate surface area is 157 Å². The molecule has 0 spiro atoms. The number of amides is 1. The zero-order chi connectivity index (χ0) is 19.1. The largest absolute Gasteiger partial charge is 0.309 e. The number of piperazine rings is 1. The van der Waals surface area contributed by atoms with E-state index in [4.69, 9.17) is 11.6 Å². The van der Waals surface area contributed by atoms with Crippen LogP contribution in [-0.4, -0.2) is 37.8 Å². The van der Waals surface area contributed by atoms with Crippen molar-refractivity contribution in [1.29, 1.82) is 0 Å². The van der Waals surface area contributed by atoms with Gasteiger partial charge in [-0.15, -0.1) is 0 Å². The lowest BCUT2D eigenvalue weighted by Gasteiger charge is -2.38. The number of hydrogen-bond donors (Lipinski definition) is 0. The lowest BCUT2D eigenvalue weighted by atomic mass is 10.1. The van der Waals surface area contributed by atoms with E-state index in [0.717, 1.165) is 22.0 Å². The maximum Gasteiger partial charge on any atom is 0.245 e. The van der Waals surface area contributed by atoms with Crippen LogP contribution in [-0.2, 0) is 14.8 Å². The molecular weight excluding hydrogens is 379 g/mol. The average Bonchev–Trinajstić information content (AvgIpc) is 2.60. The Morgan fingerprint density at radius 1 is 1.12 bits per heavy atom. The van der Waals surface area contributed by atoms with E-state index < -0.39 is 21.9 Å². The number of nitrogens with zero attached hydrogens (tertiary/aromatic N) is 2. The van der Waals surface area contributed by atoms with Crippen LogP contribution in [0.25, 0.3) is 0 Å². The first-order valence-electron chi connectivity index (χ1n) is 8.07. The van der Waals surface area contributed by atoms with E-state index in [-0.39, 0.29) is 23.9 Å². The van der Waals surface area contributed by atoms with Gasteiger partial charge < -0.3 is 4.90 Å². The Balaban J connectivity index is 1.90. The molecule has 1 unspecified atom stereocenters. The molecular formula is C18H18ClFN2O3S. The van der Waals surface area contributed by atoms with Gasteiger partial charge in [0, 0.05) is 23.8 Å². The molecule has 0 aromatic heterocycles. The number of halogens is 2. The molecule has 0 bridgehead atoms. The highest BCUT2D eigenvalue weighted by molar-refractivity contribution is 7.89. The molecule has 1 fully saturated rings. The Morgan fingerprint density at radius 2 is 1.77 bits per heavy atom. The first-order valence-corrected chi connectivity index (χ1v) is 9.89. The molecule has 5 nitrogen and oxygen atoms in total. The van der Waals surface area contributed by atoms with Crippen molar-refractivity contribution in [3.05, 3.63) is 58.9 Å². The minimum absolute atomic E-state index is 0.0362. The first kappa shape index (κ1) is 18.8. The van der Waals surface area contributed by atoms with Crippen LogP contribution in [0.1, 0.15) is 12.5 Å². The van der Waals surface area contributed by atoms with E-state index in [1.165, 1.54) is 12.1 Å². The van der Waals surface area contributed by atoms with Crippen LogP contribution in [0.15, 0.2) is 47.4 Å². The summed E-state index contributed by atoms with van der Waals surface area (Å²) in [4.78, 5) is 14.4. The predicted octanol–water partition coefficient (Wildman–Crippen LogP) is 3.21. The SMILES string of the molecule is Cc1c(Cl)cccc1N1CCN(S(=O)(=O)c2ccc(F)cc2)C(C)C1=O. The summed E-state index contributed by atoms with van der Waals surface area (Å²) in [6, 6.07) is 8.99. The van der Waals surface area contributed by atoms with Gasteiger partial charge in [0.1, 0.15) is 11.9 Å². The highest BCUT2D eigenvalue weighted by atomic mass is 35.5. The van der Waals surface area contributed by atoms with E-state index in [1.54, 1.807) is 30.0 Å². The average molecular weight is 397 g/mol. The van der Waals surface area contributed by atoms with Gasteiger partial charge in [0.15, 0.2) is 0 Å². The minimum atomic E-state index is -3.89. The van der Waals surface area contributed by atoms with Crippen molar-refractivity contribution in [2.24, 2.45) is 0 Å². The summed E-state index contributed by atoms with van der Waals surface area (Å²) in [6.45, 7) is 3.72. The Hall–Kier alpha value is -1.96. The number of carbonyl (C=O) groups is 1. The standard InChI is InChI=1S/C18H18ClFN2O3S/c1-12-16(19)4-3-5-17(12)21-10-11-22(13(2)18(21)23)26(24,25)15-8-6-14(20)7-9-15/h3-9,13H,10-11H2,1-2H3. The van der Waals surface area contributed by atoms with Crippen LogP contribution < -0.4 is 4.90 Å². The summed E-state index contributed by atoms with van der Waals surface area (Å²) in [6.07, 6.45) is 0. The van der Waals surface area contributed by atoms with Gasteiger partial charge in [-0.05, 0) is 55.8 Å². The fourth-order valence-electron chi connectivity index (χ4n) is 3.05. The van der Waals surface area contributed by atoms with Crippen molar-refractivity contribution in [3.63, 3.8) is 0 Å². The van der Waals surface area contributed by atoms with Gasteiger partial charge in [-0.3, -0.25) is 4.79 Å². The number of carbonyl (C=O) groups excluding carboxylic acids is 1. The van der Waals surface area contributed by atoms with Gasteiger partial charge in [-0.1, -0.05) is 17.7 Å². The van der Waals surface area contributed by atoms with Crippen LogP contribution in [0.5, 0.6) is 0 Å². The van der Waals surface area contributed by atoms with E-state index in [9.17, 15) is 17.6 Å². The second-order valence-electron chi connectivity index (χ2n) is 6.12. The molecule has 1 amide bonds. The Bertz CT molecular complexity index is 947. The summed E-state index contributed by atoms with van der Waals surface area (Å²) in [5, 5.41) is 0.546. The fourth-order valence-corrected chi connectivity index (χ4v) is 4.80. The molecule has 2 aromatic rings. The van der Waals surface area contributed by atoms with Crippen molar-refractivity contribution in [3.8, 4) is 0 Å². The molecule has 1 atom stereocenters. The monoisotopic (exact) mass is 396 g/mol. The van der Waals surface area contributed by atoms with Crippen LogP contribution >= 0.6 is 11.6 Å². The van der Waals surface area contributed by atoms with Crippen molar-refractivity contribution in [2.45, 2.75) is 24.8 Å². The molecule has 0 aliphatic carbocycles. The highest BCUT2D eigenvalue weighted by Crippen LogP contribution is 2.30. The summed E-state index contributed by atoms with van der Waals surface area (Å²) >= 11 is 6.14. The van der Waals surface area contributed by atoms with Crippen molar-refractivity contribution in [2.75, 3.05) is 18.0 Å². The summed E-state index contributed by atoms with van der Waals surface area (Å²) < 4.78 is 39.9. The molecule has 138 valence electrons. The first-order chi connectivity index (χ1) is 12.2. The highest BCUT2D eigenvalue weighted by Gasteiger charge is 2.39. The van der Waals surface area contributed by atoms with Gasteiger partial charge in [0.2, 0.25) is 15.9 Å². The molecule has 0 radical (unpaired) electrons. The van der Waals surface area contributed by atoms with Gasteiger partial charge >= 0.3 is 0 Å². The zero-order valence-corrected chi connectivity index (χ0v) is 15.9. The van der Waals surface area contributed by atoms with Crippen LogP contribution in [0.4, 0.5) is 10.1 Å². The summed E-state index contributed by atoms with van der Waals surface area (Å²) in [5.41, 5.74) is 1.44. The third-order valence-corrected chi connectivity index (χ3v) is 6.94. The number of sulfonamides is 1. The zero-order valence-electron chi connectivity index (χ0n) is 14.3.